The SMILES string of the molecule is COc1ccc(N(c2ccccc2)c2ccc3c(c2)c2ccccc2c2c(-c4ccccc4)cc(-c4ccccc4)c(-c4ccccc4)c32)cc1. The number of rotatable bonds is 7. The molecule has 9 rings (SSSR count). The summed E-state index contributed by atoms with van der Waals surface area (Å²) in [6, 6.07) is 69.8. The molecule has 242 valence electrons. The molecule has 0 fully saturated rings. The first-order valence-electron chi connectivity index (χ1n) is 17.4. The van der Waals surface area contributed by atoms with Crippen LogP contribution < -0.4 is 9.64 Å². The molecule has 0 saturated heterocycles. The van der Waals surface area contributed by atoms with Gasteiger partial charge in [-0.15, -0.1) is 0 Å². The Kier molecular flexibility index (Phi) is 7.75. The fourth-order valence-electron chi connectivity index (χ4n) is 7.63. The lowest BCUT2D eigenvalue weighted by Crippen LogP contribution is -2.09. The van der Waals surface area contributed by atoms with Gasteiger partial charge in [-0.2, -0.15) is 0 Å². The largest absolute Gasteiger partial charge is 0.497 e. The van der Waals surface area contributed by atoms with E-state index in [1.807, 2.05) is 12.1 Å². The maximum absolute atomic E-state index is 5.52. The summed E-state index contributed by atoms with van der Waals surface area (Å²) in [6.07, 6.45) is 0. The summed E-state index contributed by atoms with van der Waals surface area (Å²) in [7, 11) is 1.71. The molecule has 0 heterocycles. The third kappa shape index (κ3) is 5.39. The Labute approximate surface area is 298 Å². The molecule has 2 heteroatoms. The van der Waals surface area contributed by atoms with Gasteiger partial charge in [0.25, 0.3) is 0 Å². The summed E-state index contributed by atoms with van der Waals surface area (Å²) in [5, 5.41) is 7.44. The van der Waals surface area contributed by atoms with Crippen LogP contribution in [0.25, 0.3) is 65.7 Å². The van der Waals surface area contributed by atoms with Crippen LogP contribution in [-0.4, -0.2) is 7.11 Å². The second-order valence-electron chi connectivity index (χ2n) is 12.8. The van der Waals surface area contributed by atoms with Crippen LogP contribution >= 0.6 is 0 Å². The third-order valence-corrected chi connectivity index (χ3v) is 9.92. The molecule has 0 unspecified atom stereocenters. The predicted octanol–water partition coefficient (Wildman–Crippen LogP) is 13.6. The van der Waals surface area contributed by atoms with Crippen LogP contribution in [-0.2, 0) is 0 Å². The van der Waals surface area contributed by atoms with Gasteiger partial charge < -0.3 is 9.64 Å². The Hall–Kier alpha value is -6.64. The molecular weight excluding hydrogens is 619 g/mol. The minimum Gasteiger partial charge on any atom is -0.497 e. The van der Waals surface area contributed by atoms with E-state index in [1.165, 1.54) is 65.7 Å². The van der Waals surface area contributed by atoms with E-state index in [4.69, 9.17) is 4.74 Å². The molecule has 0 aliphatic heterocycles. The molecule has 9 aromatic rings. The van der Waals surface area contributed by atoms with Gasteiger partial charge in [-0.1, -0.05) is 140 Å². The summed E-state index contributed by atoms with van der Waals surface area (Å²) >= 11 is 0. The Morgan fingerprint density at radius 2 is 0.843 bits per heavy atom. The van der Waals surface area contributed by atoms with Crippen molar-refractivity contribution in [2.24, 2.45) is 0 Å². The number of hydrogen-bond donors (Lipinski definition) is 0. The summed E-state index contributed by atoms with van der Waals surface area (Å²) in [6.45, 7) is 0. The van der Waals surface area contributed by atoms with Gasteiger partial charge in [0.2, 0.25) is 0 Å². The summed E-state index contributed by atoms with van der Waals surface area (Å²) in [4.78, 5) is 2.33. The highest BCUT2D eigenvalue weighted by Crippen LogP contribution is 2.50. The van der Waals surface area contributed by atoms with E-state index in [0.717, 1.165) is 22.8 Å². The number of benzene rings is 9. The average Bonchev–Trinajstić information content (AvgIpc) is 3.22. The Morgan fingerprint density at radius 3 is 1.47 bits per heavy atom. The number of hydrogen-bond acceptors (Lipinski definition) is 2. The second kappa shape index (κ2) is 13.0. The smallest absolute Gasteiger partial charge is 0.119 e. The highest BCUT2D eigenvalue weighted by Gasteiger charge is 2.22. The van der Waals surface area contributed by atoms with Crippen LogP contribution in [0.5, 0.6) is 5.75 Å². The topological polar surface area (TPSA) is 12.5 Å². The number of ether oxygens (including phenoxy) is 1. The number of methoxy groups -OCH3 is 1. The molecule has 0 aromatic heterocycles. The van der Waals surface area contributed by atoms with Gasteiger partial charge in [-0.25, -0.2) is 0 Å². The second-order valence-corrected chi connectivity index (χ2v) is 12.8. The Bertz CT molecular complexity index is 2630. The number of anilines is 3. The van der Waals surface area contributed by atoms with Crippen LogP contribution in [0, 0.1) is 0 Å². The fourth-order valence-corrected chi connectivity index (χ4v) is 7.63. The first kappa shape index (κ1) is 30.4. The predicted molar refractivity (Wildman–Crippen MR) is 217 cm³/mol. The van der Waals surface area contributed by atoms with Gasteiger partial charge in [0.1, 0.15) is 5.75 Å². The minimum absolute atomic E-state index is 0.833. The molecule has 0 radical (unpaired) electrons. The van der Waals surface area contributed by atoms with E-state index in [0.29, 0.717) is 0 Å². The van der Waals surface area contributed by atoms with E-state index < -0.39 is 0 Å². The van der Waals surface area contributed by atoms with Crippen molar-refractivity contribution in [2.75, 3.05) is 12.0 Å². The van der Waals surface area contributed by atoms with Crippen LogP contribution in [0.4, 0.5) is 17.1 Å². The van der Waals surface area contributed by atoms with Crippen LogP contribution in [0.15, 0.2) is 194 Å². The maximum Gasteiger partial charge on any atom is 0.119 e. The molecule has 0 amide bonds. The van der Waals surface area contributed by atoms with E-state index in [9.17, 15) is 0 Å². The first-order chi connectivity index (χ1) is 25.3. The van der Waals surface area contributed by atoms with Gasteiger partial charge in [0, 0.05) is 17.1 Å². The summed E-state index contributed by atoms with van der Waals surface area (Å²) in [5.74, 6) is 0.833. The molecular formula is C49H35NO. The highest BCUT2D eigenvalue weighted by atomic mass is 16.5. The zero-order chi connectivity index (χ0) is 34.1. The molecule has 0 saturated carbocycles. The maximum atomic E-state index is 5.52. The van der Waals surface area contributed by atoms with Crippen molar-refractivity contribution in [3.8, 4) is 39.1 Å². The van der Waals surface area contributed by atoms with Crippen molar-refractivity contribution in [2.45, 2.75) is 0 Å². The molecule has 0 N–H and O–H groups in total. The molecule has 0 atom stereocenters. The highest BCUT2D eigenvalue weighted by molar-refractivity contribution is 6.33. The molecule has 51 heavy (non-hydrogen) atoms. The average molecular weight is 654 g/mol. The summed E-state index contributed by atoms with van der Waals surface area (Å²) < 4.78 is 5.52. The van der Waals surface area contributed by atoms with Gasteiger partial charge in [-0.3, -0.25) is 0 Å². The number of para-hydroxylation sites is 1. The molecule has 0 bridgehead atoms. The quantitative estimate of drug-likeness (QED) is 0.159. The van der Waals surface area contributed by atoms with E-state index >= 15 is 0 Å². The van der Waals surface area contributed by atoms with Crippen molar-refractivity contribution in [3.05, 3.63) is 194 Å². The lowest BCUT2D eigenvalue weighted by molar-refractivity contribution is 0.415. The number of fused-ring (bicyclic) bond motifs is 6. The zero-order valence-corrected chi connectivity index (χ0v) is 28.3. The van der Waals surface area contributed by atoms with Crippen molar-refractivity contribution in [1.82, 2.24) is 0 Å². The minimum atomic E-state index is 0.833. The standard InChI is InChI=1S/C49H35NO/c1-51-40-29-26-38(27-30-40)50(37-22-12-5-13-23-37)39-28-31-43-46(32-39)41-24-14-15-25-42(41)48-45(35-18-8-3-9-19-35)33-44(34-16-6-2-7-17-34)47(49(43)48)36-20-10-4-11-21-36/h2-33H,1H3. The third-order valence-electron chi connectivity index (χ3n) is 9.92. The normalized spacial score (nSPS) is 11.2. The Morgan fingerprint density at radius 1 is 0.353 bits per heavy atom. The number of nitrogens with zero attached hydrogens (tertiary/aromatic N) is 1. The van der Waals surface area contributed by atoms with Crippen LogP contribution in [0.3, 0.4) is 0 Å². The summed E-state index contributed by atoms with van der Waals surface area (Å²) in [5.41, 5.74) is 10.5. The first-order valence-corrected chi connectivity index (χ1v) is 17.4. The van der Waals surface area contributed by atoms with Gasteiger partial charge >= 0.3 is 0 Å². The van der Waals surface area contributed by atoms with Gasteiger partial charge in [-0.05, 0) is 120 Å². The van der Waals surface area contributed by atoms with Crippen molar-refractivity contribution < 1.29 is 4.74 Å². The van der Waals surface area contributed by atoms with Crippen molar-refractivity contribution >= 4 is 49.4 Å². The van der Waals surface area contributed by atoms with Gasteiger partial charge in [0.15, 0.2) is 0 Å². The van der Waals surface area contributed by atoms with E-state index in [2.05, 4.69) is 187 Å². The Balaban J connectivity index is 1.44. The van der Waals surface area contributed by atoms with Crippen molar-refractivity contribution in [3.63, 3.8) is 0 Å². The van der Waals surface area contributed by atoms with E-state index in [1.54, 1.807) is 7.11 Å². The molecule has 2 nitrogen and oxygen atoms in total. The monoisotopic (exact) mass is 653 g/mol. The zero-order valence-electron chi connectivity index (χ0n) is 28.3. The van der Waals surface area contributed by atoms with E-state index in [-0.39, 0.29) is 0 Å². The molecule has 0 aliphatic rings. The lowest BCUT2D eigenvalue weighted by atomic mass is 9.81. The molecule has 9 aromatic carbocycles. The van der Waals surface area contributed by atoms with Crippen LogP contribution in [0.1, 0.15) is 0 Å². The lowest BCUT2D eigenvalue weighted by Gasteiger charge is -2.27. The molecule has 0 aliphatic carbocycles. The van der Waals surface area contributed by atoms with Crippen molar-refractivity contribution in [1.29, 1.82) is 0 Å². The fraction of sp³-hybridized carbons (Fsp3) is 0.0204. The molecule has 0 spiro atoms. The van der Waals surface area contributed by atoms with Gasteiger partial charge in [0.05, 0.1) is 7.11 Å². The van der Waals surface area contributed by atoms with Crippen LogP contribution in [0.2, 0.25) is 0 Å².